The minimum absolute atomic E-state index is 0.0171. The highest BCUT2D eigenvalue weighted by Crippen LogP contribution is 2.42. The topological polar surface area (TPSA) is 95.5 Å². The van der Waals surface area contributed by atoms with Gasteiger partial charge in [0.1, 0.15) is 11.4 Å². The van der Waals surface area contributed by atoms with E-state index in [1.54, 1.807) is 0 Å². The number of nitrogens with two attached hydrogens (primary N) is 1. The van der Waals surface area contributed by atoms with E-state index in [2.05, 4.69) is 39.0 Å². The summed E-state index contributed by atoms with van der Waals surface area (Å²) in [4.78, 5) is 19.8. The number of nitrogen functional groups attached to an aromatic ring is 1. The van der Waals surface area contributed by atoms with Crippen molar-refractivity contribution in [2.75, 3.05) is 25.5 Å². The molecule has 0 aliphatic carbocycles. The van der Waals surface area contributed by atoms with Gasteiger partial charge < -0.3 is 20.1 Å². The second-order valence-electron chi connectivity index (χ2n) is 12.4. The maximum atomic E-state index is 13.3. The van der Waals surface area contributed by atoms with Crippen LogP contribution in [0.15, 0.2) is 36.7 Å². The third-order valence-electron chi connectivity index (χ3n) is 8.51. The zero-order valence-corrected chi connectivity index (χ0v) is 24.0. The molecular weight excluding hydrogens is 502 g/mol. The molecule has 0 radical (unpaired) electrons. The molecule has 2 N–H and O–H groups in total. The number of anilines is 1. The van der Waals surface area contributed by atoms with Crippen molar-refractivity contribution < 1.29 is 14.3 Å². The summed E-state index contributed by atoms with van der Waals surface area (Å²) in [7, 11) is 0. The highest BCUT2D eigenvalue weighted by molar-refractivity contribution is 5.80. The van der Waals surface area contributed by atoms with Crippen LogP contribution in [0.1, 0.15) is 88.1 Å². The molecule has 6 rings (SSSR count). The van der Waals surface area contributed by atoms with Crippen molar-refractivity contribution in [3.63, 3.8) is 0 Å². The summed E-state index contributed by atoms with van der Waals surface area (Å²) in [6, 6.07) is 8.89. The van der Waals surface area contributed by atoms with Crippen LogP contribution in [0.4, 0.5) is 10.6 Å². The van der Waals surface area contributed by atoms with E-state index in [4.69, 9.17) is 15.2 Å². The Balaban J connectivity index is 1.40. The number of pyridine rings is 1. The van der Waals surface area contributed by atoms with Crippen molar-refractivity contribution in [2.45, 2.75) is 89.8 Å². The first-order valence-electron chi connectivity index (χ1n) is 14.8. The second-order valence-corrected chi connectivity index (χ2v) is 12.4. The van der Waals surface area contributed by atoms with E-state index in [-0.39, 0.29) is 12.1 Å². The third kappa shape index (κ3) is 5.33. The van der Waals surface area contributed by atoms with Gasteiger partial charge in [-0.25, -0.2) is 9.78 Å². The van der Waals surface area contributed by atoms with Gasteiger partial charge in [0, 0.05) is 54.9 Å². The summed E-state index contributed by atoms with van der Waals surface area (Å²) in [6.45, 7) is 8.97. The number of amides is 1. The summed E-state index contributed by atoms with van der Waals surface area (Å²) in [5.74, 6) is 0.939. The Morgan fingerprint density at radius 2 is 1.80 bits per heavy atom. The Labute approximate surface area is 236 Å². The summed E-state index contributed by atoms with van der Waals surface area (Å²) in [6.07, 6.45) is 10.8. The van der Waals surface area contributed by atoms with Crippen molar-refractivity contribution in [2.24, 2.45) is 0 Å². The van der Waals surface area contributed by atoms with Crippen LogP contribution in [-0.4, -0.2) is 51.1 Å². The number of benzene rings is 1. The normalized spacial score (nSPS) is 20.0. The molecule has 2 fully saturated rings. The molecule has 3 aromatic rings. The molecule has 1 amide bonds. The molecule has 3 aliphatic rings. The van der Waals surface area contributed by atoms with Gasteiger partial charge >= 0.3 is 6.09 Å². The summed E-state index contributed by atoms with van der Waals surface area (Å²) in [5, 5.41) is 4.63. The lowest BCUT2D eigenvalue weighted by molar-refractivity contribution is 0.0222. The van der Waals surface area contributed by atoms with Crippen molar-refractivity contribution in [1.82, 2.24) is 19.7 Å². The maximum Gasteiger partial charge on any atom is 0.410 e. The van der Waals surface area contributed by atoms with Crippen LogP contribution in [0.2, 0.25) is 0 Å². The van der Waals surface area contributed by atoms with Gasteiger partial charge in [0.2, 0.25) is 0 Å². The summed E-state index contributed by atoms with van der Waals surface area (Å²) >= 11 is 0. The zero-order chi connectivity index (χ0) is 27.9. The fourth-order valence-electron chi connectivity index (χ4n) is 6.55. The van der Waals surface area contributed by atoms with Crippen LogP contribution < -0.4 is 5.73 Å². The monoisotopic (exact) mass is 543 g/mol. The first kappa shape index (κ1) is 26.8. The zero-order valence-electron chi connectivity index (χ0n) is 24.0. The molecule has 8 heteroatoms. The predicted molar refractivity (Wildman–Crippen MR) is 156 cm³/mol. The molecule has 40 heavy (non-hydrogen) atoms. The van der Waals surface area contributed by atoms with Crippen LogP contribution in [-0.2, 0) is 22.4 Å². The van der Waals surface area contributed by atoms with Gasteiger partial charge in [-0.2, -0.15) is 5.10 Å². The van der Waals surface area contributed by atoms with Crippen LogP contribution in [0.25, 0.3) is 22.3 Å². The Bertz CT molecular complexity index is 1390. The van der Waals surface area contributed by atoms with E-state index < -0.39 is 5.60 Å². The molecule has 1 aromatic carbocycles. The smallest absolute Gasteiger partial charge is 0.410 e. The number of carbonyl (C=O) groups excluding carboxylic acids is 1. The van der Waals surface area contributed by atoms with Gasteiger partial charge in [-0.05, 0) is 100 Å². The molecule has 2 aromatic heterocycles. The number of ether oxygens (including phenoxy) is 2. The summed E-state index contributed by atoms with van der Waals surface area (Å²) in [5.41, 5.74) is 13.8. The van der Waals surface area contributed by atoms with Gasteiger partial charge in [-0.3, -0.25) is 4.68 Å². The molecule has 1 atom stereocenters. The Morgan fingerprint density at radius 1 is 0.975 bits per heavy atom. The van der Waals surface area contributed by atoms with Crippen LogP contribution in [0, 0.1) is 0 Å². The van der Waals surface area contributed by atoms with Gasteiger partial charge in [0.15, 0.2) is 0 Å². The number of carbonyl (C=O) groups is 1. The van der Waals surface area contributed by atoms with Crippen molar-refractivity contribution in [1.29, 1.82) is 0 Å². The van der Waals surface area contributed by atoms with Crippen molar-refractivity contribution in [3.05, 3.63) is 53.5 Å². The van der Waals surface area contributed by atoms with Gasteiger partial charge in [0.25, 0.3) is 0 Å². The number of fused-ring (bicyclic) bond motifs is 1. The Kier molecular flexibility index (Phi) is 7.29. The fraction of sp³-hybridized carbons (Fsp3) is 0.531. The molecule has 0 saturated carbocycles. The fourth-order valence-corrected chi connectivity index (χ4v) is 6.55. The number of aryl methyl sites for hydroxylation is 1. The molecule has 0 unspecified atom stereocenters. The number of likely N-dealkylation sites (tertiary alicyclic amines) is 1. The molecule has 212 valence electrons. The van der Waals surface area contributed by atoms with E-state index in [1.165, 1.54) is 16.8 Å². The lowest BCUT2D eigenvalue weighted by Gasteiger charge is -2.32. The van der Waals surface area contributed by atoms with Crippen LogP contribution in [0.3, 0.4) is 0 Å². The van der Waals surface area contributed by atoms with Gasteiger partial charge in [-0.15, -0.1) is 0 Å². The third-order valence-corrected chi connectivity index (χ3v) is 8.51. The van der Waals surface area contributed by atoms with E-state index in [0.29, 0.717) is 18.3 Å². The largest absolute Gasteiger partial charge is 0.444 e. The van der Waals surface area contributed by atoms with Crippen molar-refractivity contribution in [3.8, 4) is 22.3 Å². The van der Waals surface area contributed by atoms with E-state index >= 15 is 0 Å². The average Bonchev–Trinajstić information content (AvgIpc) is 3.61. The Morgan fingerprint density at radius 3 is 2.60 bits per heavy atom. The van der Waals surface area contributed by atoms with E-state index in [9.17, 15) is 4.79 Å². The minimum Gasteiger partial charge on any atom is -0.444 e. The molecule has 0 spiro atoms. The lowest BCUT2D eigenvalue weighted by atomic mass is 9.83. The first-order chi connectivity index (χ1) is 19.3. The molecule has 8 nitrogen and oxygen atoms in total. The number of hydrogen-bond donors (Lipinski definition) is 1. The highest BCUT2D eigenvalue weighted by atomic mass is 16.6. The quantitative estimate of drug-likeness (QED) is 0.404. The number of rotatable bonds is 4. The predicted octanol–water partition coefficient (Wildman–Crippen LogP) is 6.50. The van der Waals surface area contributed by atoms with Gasteiger partial charge in [-0.1, -0.05) is 12.1 Å². The number of nitrogens with zero attached hydrogens (tertiary/aromatic N) is 4. The standard InChI is InChI=1S/C32H41N5O3/c1-32(2,3)40-31(38)36-13-6-8-28(36)25-17-22(9-10-24(25)21-11-15-39-16-12-21)23-18-26(30(33)34-19-23)27-20-35-37-14-5-4-7-29(27)37/h9-10,17-21,28H,4-8,11-16H2,1-3H3,(H2,33,34)/t28-/m0/s1. The van der Waals surface area contributed by atoms with Crippen LogP contribution in [0.5, 0.6) is 0 Å². The molecular formula is C32H41N5O3. The highest BCUT2D eigenvalue weighted by Gasteiger charge is 2.35. The first-order valence-corrected chi connectivity index (χ1v) is 14.8. The second kappa shape index (κ2) is 10.9. The molecule has 0 bridgehead atoms. The molecule has 5 heterocycles. The average molecular weight is 544 g/mol. The number of aromatic nitrogens is 3. The molecule has 3 aliphatic heterocycles. The van der Waals surface area contributed by atoms with Crippen molar-refractivity contribution >= 4 is 11.9 Å². The summed E-state index contributed by atoms with van der Waals surface area (Å²) < 4.78 is 13.6. The van der Waals surface area contributed by atoms with E-state index in [0.717, 1.165) is 87.0 Å². The van der Waals surface area contributed by atoms with Crippen LogP contribution >= 0.6 is 0 Å². The van der Waals surface area contributed by atoms with E-state index in [1.807, 2.05) is 38.1 Å². The minimum atomic E-state index is -0.533. The Hall–Kier alpha value is -3.39. The van der Waals surface area contributed by atoms with Gasteiger partial charge in [0.05, 0.1) is 12.2 Å². The maximum absolute atomic E-state index is 13.3. The SMILES string of the molecule is CC(C)(C)OC(=O)N1CCC[C@H]1c1cc(-c2cnc(N)c(-c3cnn4c3CCCC4)c2)ccc1C1CCOCC1. The lowest BCUT2D eigenvalue weighted by Crippen LogP contribution is -2.36. The number of hydrogen-bond acceptors (Lipinski definition) is 6. The molecule has 2 saturated heterocycles.